The van der Waals surface area contributed by atoms with Crippen LogP contribution in [0.4, 0.5) is 4.79 Å². The highest BCUT2D eigenvalue weighted by Crippen LogP contribution is 2.42. The second-order valence-electron chi connectivity index (χ2n) is 9.29. The third-order valence-corrected chi connectivity index (χ3v) is 7.75. The van der Waals surface area contributed by atoms with Crippen molar-refractivity contribution in [1.29, 1.82) is 0 Å². The summed E-state index contributed by atoms with van der Waals surface area (Å²) in [6, 6.07) is 20.6. The van der Waals surface area contributed by atoms with Crippen molar-refractivity contribution in [3.63, 3.8) is 0 Å². The molecule has 0 radical (unpaired) electrons. The monoisotopic (exact) mass is 519 g/mol. The fourth-order valence-electron chi connectivity index (χ4n) is 5.32. The molecule has 3 aliphatic heterocycles. The van der Waals surface area contributed by atoms with E-state index < -0.39 is 0 Å². The number of benzene rings is 2. The van der Waals surface area contributed by atoms with E-state index in [0.717, 1.165) is 52.3 Å². The smallest absolute Gasteiger partial charge is 0.315 e. The van der Waals surface area contributed by atoms with Crippen LogP contribution >= 0.6 is 15.9 Å². The molecule has 2 aromatic carbocycles. The zero-order valence-corrected chi connectivity index (χ0v) is 21.0. The third-order valence-electron chi connectivity index (χ3n) is 7.06. The lowest BCUT2D eigenvalue weighted by molar-refractivity contribution is 0.0305. The standard InChI is InChI=1S/C27H30BrN5O/c1-18-31-25(22-9-5-6-10-24(22)28)14-26(32-18)23-17-33-12-11-20(23)13-21(33)16-30-27(34)29-15-19-7-3-2-4-8-19/h2-10,14,20-21,23H,11-13,15-17H2,1H3,(H2,29,30,34). The minimum absolute atomic E-state index is 0.104. The maximum Gasteiger partial charge on any atom is 0.315 e. The first-order chi connectivity index (χ1) is 16.6. The Labute approximate surface area is 209 Å². The fourth-order valence-corrected chi connectivity index (χ4v) is 5.81. The van der Waals surface area contributed by atoms with Crippen LogP contribution in [-0.4, -0.2) is 46.6 Å². The Kier molecular flexibility index (Phi) is 6.92. The molecule has 2 amide bonds. The van der Waals surface area contributed by atoms with E-state index in [1.54, 1.807) is 0 Å². The number of rotatable bonds is 6. The number of aryl methyl sites for hydroxylation is 1. The number of urea groups is 1. The Morgan fingerprint density at radius 3 is 2.65 bits per heavy atom. The lowest BCUT2D eigenvalue weighted by Crippen LogP contribution is -2.56. The summed E-state index contributed by atoms with van der Waals surface area (Å²) in [5, 5.41) is 6.05. The molecule has 3 saturated heterocycles. The summed E-state index contributed by atoms with van der Waals surface area (Å²) in [6.45, 7) is 5.26. The van der Waals surface area contributed by atoms with Crippen molar-refractivity contribution in [2.24, 2.45) is 5.92 Å². The topological polar surface area (TPSA) is 70.2 Å². The number of hydrogen-bond acceptors (Lipinski definition) is 4. The Bertz CT molecular complexity index is 1150. The van der Waals surface area contributed by atoms with Gasteiger partial charge in [0.05, 0.1) is 5.69 Å². The number of amides is 2. The largest absolute Gasteiger partial charge is 0.337 e. The van der Waals surface area contributed by atoms with E-state index in [-0.39, 0.29) is 6.03 Å². The summed E-state index contributed by atoms with van der Waals surface area (Å²) in [4.78, 5) is 24.4. The highest BCUT2D eigenvalue weighted by atomic mass is 79.9. The van der Waals surface area contributed by atoms with Gasteiger partial charge >= 0.3 is 6.03 Å². The van der Waals surface area contributed by atoms with E-state index in [2.05, 4.69) is 43.6 Å². The lowest BCUT2D eigenvalue weighted by atomic mass is 9.74. The van der Waals surface area contributed by atoms with Gasteiger partial charge in [-0.05, 0) is 49.9 Å². The molecule has 3 aromatic rings. The van der Waals surface area contributed by atoms with Gasteiger partial charge in [-0.1, -0.05) is 64.5 Å². The molecule has 3 aliphatic rings. The van der Waals surface area contributed by atoms with Gasteiger partial charge in [-0.15, -0.1) is 0 Å². The molecular weight excluding hydrogens is 490 g/mol. The van der Waals surface area contributed by atoms with Crippen molar-refractivity contribution < 1.29 is 4.79 Å². The average Bonchev–Trinajstić information content (AvgIpc) is 2.87. The second-order valence-corrected chi connectivity index (χ2v) is 10.1. The van der Waals surface area contributed by atoms with E-state index in [9.17, 15) is 4.79 Å². The van der Waals surface area contributed by atoms with Crippen LogP contribution in [0.5, 0.6) is 0 Å². The van der Waals surface area contributed by atoms with Crippen molar-refractivity contribution >= 4 is 22.0 Å². The van der Waals surface area contributed by atoms with Gasteiger partial charge in [0.1, 0.15) is 5.82 Å². The minimum atomic E-state index is -0.104. The molecule has 0 spiro atoms. The van der Waals surface area contributed by atoms with Crippen molar-refractivity contribution in [2.75, 3.05) is 19.6 Å². The zero-order chi connectivity index (χ0) is 23.5. The van der Waals surface area contributed by atoms with Gasteiger partial charge in [-0.3, -0.25) is 4.90 Å². The molecule has 0 aliphatic carbocycles. The van der Waals surface area contributed by atoms with Crippen molar-refractivity contribution in [2.45, 2.75) is 38.3 Å². The van der Waals surface area contributed by atoms with Crippen LogP contribution in [0.3, 0.4) is 0 Å². The normalized spacial score (nSPS) is 23.5. The minimum Gasteiger partial charge on any atom is -0.337 e. The number of carbonyl (C=O) groups excluding carboxylic acids is 1. The summed E-state index contributed by atoms with van der Waals surface area (Å²) in [5.74, 6) is 1.79. The maximum atomic E-state index is 12.3. The van der Waals surface area contributed by atoms with Crippen LogP contribution in [0, 0.1) is 12.8 Å². The van der Waals surface area contributed by atoms with Crippen LogP contribution in [0.1, 0.15) is 35.8 Å². The van der Waals surface area contributed by atoms with E-state index in [1.807, 2.05) is 55.5 Å². The van der Waals surface area contributed by atoms with Crippen molar-refractivity contribution in [3.05, 3.63) is 82.2 Å². The van der Waals surface area contributed by atoms with Crippen LogP contribution in [0.25, 0.3) is 11.3 Å². The number of nitrogens with one attached hydrogen (secondary N) is 2. The lowest BCUT2D eigenvalue weighted by Gasteiger charge is -2.49. The summed E-state index contributed by atoms with van der Waals surface area (Å²) in [6.07, 6.45) is 2.26. The molecule has 6 rings (SSSR count). The highest BCUT2D eigenvalue weighted by Gasteiger charge is 2.41. The number of fused-ring (bicyclic) bond motifs is 3. The molecule has 1 aromatic heterocycles. The Morgan fingerprint density at radius 1 is 1.09 bits per heavy atom. The van der Waals surface area contributed by atoms with Gasteiger partial charge < -0.3 is 10.6 Å². The molecule has 3 fully saturated rings. The molecule has 6 nitrogen and oxygen atoms in total. The summed E-state index contributed by atoms with van der Waals surface area (Å²) in [5.41, 5.74) is 4.31. The Balaban J connectivity index is 1.21. The highest BCUT2D eigenvalue weighted by molar-refractivity contribution is 9.10. The Hall–Kier alpha value is -2.77. The molecule has 4 atom stereocenters. The predicted molar refractivity (Wildman–Crippen MR) is 137 cm³/mol. The number of carbonyl (C=O) groups is 1. The molecule has 7 heteroatoms. The third kappa shape index (κ3) is 5.15. The predicted octanol–water partition coefficient (Wildman–Crippen LogP) is 4.89. The quantitative estimate of drug-likeness (QED) is 0.486. The summed E-state index contributed by atoms with van der Waals surface area (Å²) in [7, 11) is 0. The first kappa shape index (κ1) is 23.0. The van der Waals surface area contributed by atoms with Gasteiger partial charge in [-0.2, -0.15) is 0 Å². The average molecular weight is 520 g/mol. The molecule has 4 unspecified atom stereocenters. The van der Waals surface area contributed by atoms with Crippen LogP contribution in [-0.2, 0) is 6.54 Å². The molecular formula is C27H30BrN5O. The summed E-state index contributed by atoms with van der Waals surface area (Å²) < 4.78 is 1.05. The number of nitrogens with zero attached hydrogens (tertiary/aromatic N) is 3. The van der Waals surface area contributed by atoms with Gasteiger partial charge in [-0.25, -0.2) is 14.8 Å². The Morgan fingerprint density at radius 2 is 1.88 bits per heavy atom. The van der Waals surface area contributed by atoms with E-state index in [0.29, 0.717) is 31.0 Å². The van der Waals surface area contributed by atoms with Crippen LogP contribution in [0.15, 0.2) is 65.1 Å². The molecule has 2 bridgehead atoms. The van der Waals surface area contributed by atoms with Crippen molar-refractivity contribution in [1.82, 2.24) is 25.5 Å². The number of aromatic nitrogens is 2. The van der Waals surface area contributed by atoms with Crippen molar-refractivity contribution in [3.8, 4) is 11.3 Å². The number of hydrogen-bond donors (Lipinski definition) is 2. The number of piperidine rings is 3. The SMILES string of the molecule is Cc1nc(-c2ccccc2Br)cc(C2CN3CCC2CC3CNC(=O)NCc2ccccc2)n1. The fraction of sp³-hybridized carbons (Fsp3) is 0.370. The second kappa shape index (κ2) is 10.2. The number of halogens is 1. The summed E-state index contributed by atoms with van der Waals surface area (Å²) >= 11 is 3.66. The van der Waals surface area contributed by atoms with Gasteiger partial charge in [0.25, 0.3) is 0 Å². The zero-order valence-electron chi connectivity index (χ0n) is 19.4. The van der Waals surface area contributed by atoms with Gasteiger partial charge in [0, 0.05) is 47.3 Å². The molecule has 4 heterocycles. The van der Waals surface area contributed by atoms with Gasteiger partial charge in [0.15, 0.2) is 0 Å². The first-order valence-electron chi connectivity index (χ1n) is 12.0. The maximum absolute atomic E-state index is 12.3. The van der Waals surface area contributed by atoms with E-state index >= 15 is 0 Å². The molecule has 2 N–H and O–H groups in total. The van der Waals surface area contributed by atoms with Gasteiger partial charge in [0.2, 0.25) is 0 Å². The molecule has 34 heavy (non-hydrogen) atoms. The van der Waals surface area contributed by atoms with Crippen LogP contribution in [0.2, 0.25) is 0 Å². The van der Waals surface area contributed by atoms with E-state index in [1.165, 1.54) is 6.42 Å². The molecule has 0 saturated carbocycles. The van der Waals surface area contributed by atoms with Crippen LogP contribution < -0.4 is 10.6 Å². The van der Waals surface area contributed by atoms with E-state index in [4.69, 9.17) is 9.97 Å². The molecule has 176 valence electrons. The first-order valence-corrected chi connectivity index (χ1v) is 12.8.